The van der Waals surface area contributed by atoms with Gasteiger partial charge in [-0.25, -0.2) is 0 Å². The first-order valence-corrected chi connectivity index (χ1v) is 6.62. The summed E-state index contributed by atoms with van der Waals surface area (Å²) in [4.78, 5) is 13.8. The zero-order valence-electron chi connectivity index (χ0n) is 12.2. The summed E-state index contributed by atoms with van der Waals surface area (Å²) in [6.07, 6.45) is 0. The SMILES string of the molecule is Cc1cc2c(C)c3ccc(N(C)C)cc3oc-2cc1=O. The van der Waals surface area contributed by atoms with Crippen molar-refractivity contribution >= 4 is 16.7 Å². The van der Waals surface area contributed by atoms with Gasteiger partial charge in [-0.3, -0.25) is 4.79 Å². The van der Waals surface area contributed by atoms with Crippen molar-refractivity contribution in [2.75, 3.05) is 19.0 Å². The average Bonchev–Trinajstić information content (AvgIpc) is 2.41. The summed E-state index contributed by atoms with van der Waals surface area (Å²) < 4.78 is 5.93. The van der Waals surface area contributed by atoms with Crippen LogP contribution in [0.15, 0.2) is 39.5 Å². The van der Waals surface area contributed by atoms with Crippen LogP contribution in [0.4, 0.5) is 5.69 Å². The quantitative estimate of drug-likeness (QED) is 0.632. The number of aryl methyl sites for hydroxylation is 2. The van der Waals surface area contributed by atoms with Crippen molar-refractivity contribution < 1.29 is 4.42 Å². The Morgan fingerprint density at radius 2 is 1.80 bits per heavy atom. The molecule has 1 aliphatic heterocycles. The topological polar surface area (TPSA) is 33.5 Å². The first-order chi connectivity index (χ1) is 9.47. The summed E-state index contributed by atoms with van der Waals surface area (Å²) >= 11 is 0. The molecule has 0 spiro atoms. The van der Waals surface area contributed by atoms with Crippen molar-refractivity contribution in [3.8, 4) is 11.3 Å². The molecule has 3 nitrogen and oxygen atoms in total. The molecular formula is C17H17NO2. The second-order valence-electron chi connectivity index (χ2n) is 5.42. The summed E-state index contributed by atoms with van der Waals surface area (Å²) in [5, 5.41) is 1.08. The number of anilines is 1. The van der Waals surface area contributed by atoms with E-state index in [1.807, 2.05) is 38.1 Å². The molecule has 1 heterocycles. The van der Waals surface area contributed by atoms with E-state index in [0.29, 0.717) is 5.76 Å². The van der Waals surface area contributed by atoms with Gasteiger partial charge in [0.25, 0.3) is 0 Å². The highest BCUT2D eigenvalue weighted by Crippen LogP contribution is 2.33. The third kappa shape index (κ3) is 1.86. The van der Waals surface area contributed by atoms with Crippen molar-refractivity contribution in [3.63, 3.8) is 0 Å². The molecule has 0 radical (unpaired) electrons. The molecule has 1 aromatic rings. The lowest BCUT2D eigenvalue weighted by atomic mass is 9.99. The van der Waals surface area contributed by atoms with Crippen LogP contribution in [0.5, 0.6) is 0 Å². The minimum atomic E-state index is 0.0174. The Kier molecular flexibility index (Phi) is 2.78. The number of hydrogen-bond donors (Lipinski definition) is 0. The number of benzene rings is 2. The van der Waals surface area contributed by atoms with Crippen LogP contribution in [0.1, 0.15) is 11.1 Å². The van der Waals surface area contributed by atoms with Crippen LogP contribution in [0.3, 0.4) is 0 Å². The van der Waals surface area contributed by atoms with E-state index in [9.17, 15) is 4.79 Å². The van der Waals surface area contributed by atoms with E-state index in [2.05, 4.69) is 19.1 Å². The summed E-state index contributed by atoms with van der Waals surface area (Å²) in [5.41, 5.74) is 4.81. The van der Waals surface area contributed by atoms with Crippen molar-refractivity contribution in [1.82, 2.24) is 0 Å². The molecule has 20 heavy (non-hydrogen) atoms. The molecule has 2 aliphatic rings. The fourth-order valence-corrected chi connectivity index (χ4v) is 2.49. The first kappa shape index (κ1) is 12.7. The fraction of sp³-hybridized carbons (Fsp3) is 0.235. The van der Waals surface area contributed by atoms with Gasteiger partial charge < -0.3 is 9.32 Å². The molecular weight excluding hydrogens is 250 g/mol. The van der Waals surface area contributed by atoms with Gasteiger partial charge in [-0.2, -0.15) is 0 Å². The van der Waals surface area contributed by atoms with Gasteiger partial charge in [-0.15, -0.1) is 0 Å². The number of hydrogen-bond acceptors (Lipinski definition) is 3. The second-order valence-corrected chi connectivity index (χ2v) is 5.42. The monoisotopic (exact) mass is 267 g/mol. The molecule has 3 heteroatoms. The third-order valence-electron chi connectivity index (χ3n) is 3.79. The van der Waals surface area contributed by atoms with Crippen molar-refractivity contribution in [1.29, 1.82) is 0 Å². The predicted octanol–water partition coefficient (Wildman–Crippen LogP) is 3.58. The summed E-state index contributed by atoms with van der Waals surface area (Å²) in [5.74, 6) is 0.654. The lowest BCUT2D eigenvalue weighted by Crippen LogP contribution is -2.08. The molecule has 1 aromatic carbocycles. The van der Waals surface area contributed by atoms with Gasteiger partial charge in [-0.05, 0) is 43.2 Å². The second kappa shape index (κ2) is 4.37. The van der Waals surface area contributed by atoms with Gasteiger partial charge in [0.15, 0.2) is 5.43 Å². The van der Waals surface area contributed by atoms with E-state index in [4.69, 9.17) is 4.42 Å². The van der Waals surface area contributed by atoms with Gasteiger partial charge in [0.1, 0.15) is 11.3 Å². The largest absolute Gasteiger partial charge is 0.456 e. The maximum Gasteiger partial charge on any atom is 0.185 e. The fourth-order valence-electron chi connectivity index (χ4n) is 2.49. The van der Waals surface area contributed by atoms with Gasteiger partial charge in [0.2, 0.25) is 0 Å². The molecule has 0 N–H and O–H groups in total. The van der Waals surface area contributed by atoms with Crippen LogP contribution >= 0.6 is 0 Å². The average molecular weight is 267 g/mol. The zero-order chi connectivity index (χ0) is 14.4. The Labute approximate surface area is 117 Å². The van der Waals surface area contributed by atoms with E-state index >= 15 is 0 Å². The molecule has 3 rings (SSSR count). The Hall–Kier alpha value is -2.29. The lowest BCUT2D eigenvalue weighted by molar-refractivity contribution is 0.617. The van der Waals surface area contributed by atoms with E-state index in [1.165, 1.54) is 0 Å². The zero-order valence-corrected chi connectivity index (χ0v) is 12.2. The van der Waals surface area contributed by atoms with E-state index in [1.54, 1.807) is 6.07 Å². The van der Waals surface area contributed by atoms with Crippen LogP contribution in [0.25, 0.3) is 22.3 Å². The van der Waals surface area contributed by atoms with Crippen molar-refractivity contribution in [2.45, 2.75) is 13.8 Å². The molecule has 0 bridgehead atoms. The lowest BCUT2D eigenvalue weighted by Gasteiger charge is -2.16. The number of fused-ring (bicyclic) bond motifs is 2. The Bertz CT molecular complexity index is 830. The number of nitrogens with zero attached hydrogens (tertiary/aromatic N) is 1. The van der Waals surface area contributed by atoms with Crippen LogP contribution in [0.2, 0.25) is 0 Å². The van der Waals surface area contributed by atoms with Gasteiger partial charge >= 0.3 is 0 Å². The van der Waals surface area contributed by atoms with Crippen LogP contribution < -0.4 is 10.3 Å². The van der Waals surface area contributed by atoms with E-state index in [0.717, 1.165) is 33.3 Å². The molecule has 0 atom stereocenters. The molecule has 1 aliphatic carbocycles. The van der Waals surface area contributed by atoms with Gasteiger partial charge in [0, 0.05) is 42.9 Å². The standard InChI is InChI=1S/C17H17NO2/c1-10-7-14-11(2)13-6-5-12(18(3)4)8-16(13)20-17(14)9-15(10)19/h5-9H,1-4H3. The number of rotatable bonds is 1. The van der Waals surface area contributed by atoms with Crippen molar-refractivity contribution in [2.24, 2.45) is 0 Å². The Morgan fingerprint density at radius 3 is 2.50 bits per heavy atom. The van der Waals surface area contributed by atoms with Crippen LogP contribution in [0, 0.1) is 13.8 Å². The van der Waals surface area contributed by atoms with Gasteiger partial charge in [-0.1, -0.05) is 0 Å². The molecule has 0 amide bonds. The van der Waals surface area contributed by atoms with Crippen LogP contribution in [-0.2, 0) is 0 Å². The predicted molar refractivity (Wildman–Crippen MR) is 82.9 cm³/mol. The highest BCUT2D eigenvalue weighted by molar-refractivity contribution is 5.89. The normalized spacial score (nSPS) is 11.2. The maximum atomic E-state index is 11.8. The highest BCUT2D eigenvalue weighted by Gasteiger charge is 2.14. The Morgan fingerprint density at radius 1 is 1.05 bits per heavy atom. The molecule has 102 valence electrons. The first-order valence-electron chi connectivity index (χ1n) is 6.62. The highest BCUT2D eigenvalue weighted by atomic mass is 16.3. The van der Waals surface area contributed by atoms with Gasteiger partial charge in [0.05, 0.1) is 0 Å². The summed E-state index contributed by atoms with van der Waals surface area (Å²) in [6.45, 7) is 3.90. The van der Waals surface area contributed by atoms with Crippen LogP contribution in [-0.4, -0.2) is 14.1 Å². The molecule has 0 saturated heterocycles. The molecule has 0 saturated carbocycles. The summed E-state index contributed by atoms with van der Waals surface area (Å²) in [7, 11) is 3.99. The molecule has 0 aromatic heterocycles. The molecule has 0 fully saturated rings. The third-order valence-corrected chi connectivity index (χ3v) is 3.79. The maximum absolute atomic E-state index is 11.8. The molecule has 0 unspecified atom stereocenters. The summed E-state index contributed by atoms with van der Waals surface area (Å²) in [6, 6.07) is 9.65. The Balaban J connectivity index is 2.42. The van der Waals surface area contributed by atoms with E-state index in [-0.39, 0.29) is 5.43 Å². The smallest absolute Gasteiger partial charge is 0.185 e. The minimum Gasteiger partial charge on any atom is -0.456 e. The minimum absolute atomic E-state index is 0.0174. The van der Waals surface area contributed by atoms with E-state index < -0.39 is 0 Å². The van der Waals surface area contributed by atoms with Crippen molar-refractivity contribution in [3.05, 3.63) is 51.7 Å².